The highest BCUT2D eigenvalue weighted by Crippen LogP contribution is 2.21. The molecule has 0 saturated heterocycles. The number of unbranched alkanes of at least 4 members (excludes halogenated alkanes) is 2. The monoisotopic (exact) mass is 254 g/mol. The highest BCUT2D eigenvalue weighted by atomic mass is 16.5. The fourth-order valence-corrected chi connectivity index (χ4v) is 1.76. The maximum Gasteiger partial charge on any atom is 0.119 e. The zero-order chi connectivity index (χ0) is 13.2. The molecule has 0 radical (unpaired) electrons. The number of methoxy groups -OCH3 is 1. The van der Waals surface area contributed by atoms with E-state index in [4.69, 9.17) is 9.47 Å². The minimum Gasteiger partial charge on any atom is -0.508 e. The van der Waals surface area contributed by atoms with Crippen LogP contribution in [0.4, 0.5) is 0 Å². The van der Waals surface area contributed by atoms with E-state index in [1.165, 1.54) is 6.07 Å². The van der Waals surface area contributed by atoms with Crippen LogP contribution >= 0.6 is 0 Å². The Labute approximate surface area is 108 Å². The molecule has 0 unspecified atom stereocenters. The molecule has 0 atom stereocenters. The van der Waals surface area contributed by atoms with Crippen molar-refractivity contribution in [2.75, 3.05) is 26.9 Å². The fraction of sp³-hybridized carbons (Fsp3) is 0.571. The molecule has 0 aliphatic heterocycles. The quantitative estimate of drug-likeness (QED) is 0.665. The maximum absolute atomic E-state index is 9.33. The Morgan fingerprint density at radius 1 is 0.889 bits per heavy atom. The summed E-state index contributed by atoms with van der Waals surface area (Å²) in [6, 6.07) is 4.72. The van der Waals surface area contributed by atoms with Gasteiger partial charge in [0, 0.05) is 19.8 Å². The summed E-state index contributed by atoms with van der Waals surface area (Å²) >= 11 is 0. The summed E-state index contributed by atoms with van der Waals surface area (Å²) in [5.74, 6) is 0.237. The van der Waals surface area contributed by atoms with Crippen LogP contribution in [0.3, 0.4) is 0 Å². The Kier molecular flexibility index (Phi) is 7.22. The van der Waals surface area contributed by atoms with E-state index in [1.807, 2.05) is 0 Å². The number of phenolic OH excluding ortho intramolecular Hbond substituents is 2. The number of phenols is 2. The summed E-state index contributed by atoms with van der Waals surface area (Å²) in [6.45, 7) is 2.05. The number of ether oxygens (including phenoxy) is 2. The number of hydrogen-bond donors (Lipinski definition) is 2. The Balaban J connectivity index is 2.07. The van der Waals surface area contributed by atoms with Gasteiger partial charge >= 0.3 is 0 Å². The summed E-state index contributed by atoms with van der Waals surface area (Å²) in [4.78, 5) is 0. The molecule has 1 rings (SSSR count). The molecular weight excluding hydrogens is 232 g/mol. The number of aromatic hydroxyl groups is 2. The normalized spacial score (nSPS) is 10.7. The summed E-state index contributed by atoms with van der Waals surface area (Å²) in [5, 5.41) is 18.7. The van der Waals surface area contributed by atoms with Crippen LogP contribution in [0.5, 0.6) is 11.5 Å². The smallest absolute Gasteiger partial charge is 0.119 e. The first-order valence-corrected chi connectivity index (χ1v) is 6.31. The van der Waals surface area contributed by atoms with E-state index >= 15 is 0 Å². The number of aryl methyl sites for hydroxylation is 1. The maximum atomic E-state index is 9.33. The number of hydrogen-bond acceptors (Lipinski definition) is 4. The predicted octanol–water partition coefficient (Wildman–Crippen LogP) is 2.47. The minimum absolute atomic E-state index is 0.118. The average molecular weight is 254 g/mol. The van der Waals surface area contributed by atoms with Crippen LogP contribution < -0.4 is 0 Å². The molecule has 1 aromatic carbocycles. The Morgan fingerprint density at radius 2 is 1.61 bits per heavy atom. The van der Waals surface area contributed by atoms with Crippen molar-refractivity contribution in [2.24, 2.45) is 0 Å². The van der Waals surface area contributed by atoms with Crippen LogP contribution in [0.15, 0.2) is 18.2 Å². The largest absolute Gasteiger partial charge is 0.508 e. The molecule has 0 heterocycles. The molecule has 4 nitrogen and oxygen atoms in total. The van der Waals surface area contributed by atoms with Gasteiger partial charge in [-0.25, -0.2) is 0 Å². The second kappa shape index (κ2) is 8.78. The van der Waals surface area contributed by atoms with E-state index in [9.17, 15) is 10.2 Å². The van der Waals surface area contributed by atoms with Gasteiger partial charge in [-0.2, -0.15) is 0 Å². The first-order valence-electron chi connectivity index (χ1n) is 6.31. The molecular formula is C14H22O4. The van der Waals surface area contributed by atoms with Crippen LogP contribution in [-0.2, 0) is 15.9 Å². The van der Waals surface area contributed by atoms with Crippen LogP contribution in [0.1, 0.15) is 24.8 Å². The highest BCUT2D eigenvalue weighted by molar-refractivity contribution is 5.36. The fourth-order valence-electron chi connectivity index (χ4n) is 1.76. The Morgan fingerprint density at radius 3 is 2.28 bits per heavy atom. The van der Waals surface area contributed by atoms with Crippen molar-refractivity contribution >= 4 is 0 Å². The first kappa shape index (κ1) is 14.8. The van der Waals surface area contributed by atoms with Crippen LogP contribution in [0, 0.1) is 0 Å². The predicted molar refractivity (Wildman–Crippen MR) is 70.0 cm³/mol. The van der Waals surface area contributed by atoms with Crippen molar-refractivity contribution in [2.45, 2.75) is 25.7 Å². The van der Waals surface area contributed by atoms with E-state index in [-0.39, 0.29) is 11.5 Å². The van der Waals surface area contributed by atoms with Crippen molar-refractivity contribution < 1.29 is 19.7 Å². The molecule has 0 aliphatic carbocycles. The third-order valence-corrected chi connectivity index (χ3v) is 2.65. The molecule has 102 valence electrons. The van der Waals surface area contributed by atoms with Gasteiger partial charge in [0.15, 0.2) is 0 Å². The van der Waals surface area contributed by atoms with Gasteiger partial charge in [-0.15, -0.1) is 0 Å². The van der Waals surface area contributed by atoms with Gasteiger partial charge < -0.3 is 19.7 Å². The van der Waals surface area contributed by atoms with E-state index in [0.29, 0.717) is 13.2 Å². The number of benzene rings is 1. The van der Waals surface area contributed by atoms with E-state index in [1.54, 1.807) is 19.2 Å². The van der Waals surface area contributed by atoms with E-state index in [0.717, 1.165) is 37.9 Å². The van der Waals surface area contributed by atoms with E-state index in [2.05, 4.69) is 0 Å². The van der Waals surface area contributed by atoms with Gasteiger partial charge in [-0.1, -0.05) is 6.42 Å². The van der Waals surface area contributed by atoms with Gasteiger partial charge in [0.05, 0.1) is 13.2 Å². The minimum atomic E-state index is 0.118. The van der Waals surface area contributed by atoms with Gasteiger partial charge in [0.25, 0.3) is 0 Å². The Bertz CT molecular complexity index is 318. The van der Waals surface area contributed by atoms with Gasteiger partial charge in [-0.3, -0.25) is 0 Å². The lowest BCUT2D eigenvalue weighted by molar-refractivity contribution is 0.0686. The summed E-state index contributed by atoms with van der Waals surface area (Å²) in [6.07, 6.45) is 3.98. The first-order chi connectivity index (χ1) is 8.72. The topological polar surface area (TPSA) is 58.9 Å². The molecule has 0 amide bonds. The molecule has 2 N–H and O–H groups in total. The second-order valence-electron chi connectivity index (χ2n) is 4.27. The molecule has 0 aliphatic rings. The zero-order valence-corrected chi connectivity index (χ0v) is 10.9. The molecule has 0 spiro atoms. The molecule has 0 aromatic heterocycles. The second-order valence-corrected chi connectivity index (χ2v) is 4.27. The van der Waals surface area contributed by atoms with Gasteiger partial charge in [0.2, 0.25) is 0 Å². The van der Waals surface area contributed by atoms with Gasteiger partial charge in [0.1, 0.15) is 11.5 Å². The van der Waals surface area contributed by atoms with Crippen LogP contribution in [0.2, 0.25) is 0 Å². The lowest BCUT2D eigenvalue weighted by Gasteiger charge is -2.05. The summed E-state index contributed by atoms with van der Waals surface area (Å²) in [7, 11) is 1.66. The molecule has 18 heavy (non-hydrogen) atoms. The van der Waals surface area contributed by atoms with Crippen molar-refractivity contribution in [3.05, 3.63) is 23.8 Å². The van der Waals surface area contributed by atoms with Crippen LogP contribution in [0.25, 0.3) is 0 Å². The standard InChI is InChI=1S/C14H22O4/c1-17-7-8-18-6-4-2-3-5-12-9-13(15)11-14(16)10-12/h9-11,15-16H,2-8H2,1H3. The third-order valence-electron chi connectivity index (χ3n) is 2.65. The van der Waals surface area contributed by atoms with Crippen molar-refractivity contribution in [3.8, 4) is 11.5 Å². The van der Waals surface area contributed by atoms with Crippen LogP contribution in [-0.4, -0.2) is 37.1 Å². The lowest BCUT2D eigenvalue weighted by Crippen LogP contribution is -2.02. The zero-order valence-electron chi connectivity index (χ0n) is 10.9. The Hall–Kier alpha value is -1.26. The lowest BCUT2D eigenvalue weighted by atomic mass is 10.1. The highest BCUT2D eigenvalue weighted by Gasteiger charge is 1.99. The molecule has 0 fully saturated rings. The molecule has 4 heteroatoms. The van der Waals surface area contributed by atoms with E-state index < -0.39 is 0 Å². The molecule has 1 aromatic rings. The molecule has 0 saturated carbocycles. The SMILES string of the molecule is COCCOCCCCCc1cc(O)cc(O)c1. The van der Waals surface area contributed by atoms with Crippen molar-refractivity contribution in [1.82, 2.24) is 0 Å². The van der Waals surface area contributed by atoms with Crippen molar-refractivity contribution in [1.29, 1.82) is 0 Å². The summed E-state index contributed by atoms with van der Waals surface area (Å²) < 4.78 is 10.2. The third kappa shape index (κ3) is 6.47. The van der Waals surface area contributed by atoms with Gasteiger partial charge in [-0.05, 0) is 37.0 Å². The number of rotatable bonds is 9. The average Bonchev–Trinajstić information content (AvgIpc) is 2.31. The summed E-state index contributed by atoms with van der Waals surface area (Å²) in [5.41, 5.74) is 0.966. The molecule has 0 bridgehead atoms. The van der Waals surface area contributed by atoms with Crippen molar-refractivity contribution in [3.63, 3.8) is 0 Å².